The van der Waals surface area contributed by atoms with E-state index in [2.05, 4.69) is 4.74 Å². The third-order valence-corrected chi connectivity index (χ3v) is 2.64. The Bertz CT molecular complexity index is 474. The Morgan fingerprint density at radius 2 is 1.74 bits per heavy atom. The predicted molar refractivity (Wildman–Crippen MR) is 73.2 cm³/mol. The smallest absolute Gasteiger partial charge is 0.379 e. The molecule has 0 atom stereocenters. The van der Waals surface area contributed by atoms with E-state index in [1.807, 2.05) is 13.8 Å². The minimum absolute atomic E-state index is 0.0737. The summed E-state index contributed by atoms with van der Waals surface area (Å²) < 4.78 is 10.1. The molecule has 19 heavy (non-hydrogen) atoms. The van der Waals surface area contributed by atoms with Gasteiger partial charge >= 0.3 is 5.97 Å². The molecular weight excluding hydrogens is 291 g/mol. The molecule has 104 valence electrons. The SMILES string of the molecule is CCOC(=O)C(=O)c1cc(Cl)c(OC(C)C)c(Cl)c1. The third-order valence-electron chi connectivity index (χ3n) is 2.07. The van der Waals surface area contributed by atoms with Crippen molar-refractivity contribution in [2.24, 2.45) is 0 Å². The quantitative estimate of drug-likeness (QED) is 0.474. The van der Waals surface area contributed by atoms with Gasteiger partial charge in [-0.05, 0) is 32.9 Å². The van der Waals surface area contributed by atoms with Crippen molar-refractivity contribution in [1.29, 1.82) is 0 Å². The predicted octanol–water partition coefficient (Wildman–Crippen LogP) is 3.53. The van der Waals surface area contributed by atoms with Crippen molar-refractivity contribution in [1.82, 2.24) is 0 Å². The lowest BCUT2D eigenvalue weighted by Crippen LogP contribution is -2.17. The average Bonchev–Trinajstić information content (AvgIpc) is 2.32. The van der Waals surface area contributed by atoms with Crippen molar-refractivity contribution < 1.29 is 19.1 Å². The first kappa shape index (κ1) is 15.8. The minimum atomic E-state index is -0.938. The van der Waals surface area contributed by atoms with Crippen molar-refractivity contribution in [2.45, 2.75) is 26.9 Å². The lowest BCUT2D eigenvalue weighted by Gasteiger charge is -2.13. The molecule has 0 aliphatic rings. The Balaban J connectivity index is 3.07. The topological polar surface area (TPSA) is 52.6 Å². The Morgan fingerprint density at radius 3 is 2.16 bits per heavy atom. The number of esters is 1. The molecule has 1 rings (SSSR count). The van der Waals surface area contributed by atoms with Crippen LogP contribution in [0.2, 0.25) is 10.0 Å². The van der Waals surface area contributed by atoms with Crippen LogP contribution in [0.1, 0.15) is 31.1 Å². The lowest BCUT2D eigenvalue weighted by molar-refractivity contribution is -0.137. The number of rotatable bonds is 5. The molecule has 0 aliphatic heterocycles. The molecule has 0 fully saturated rings. The van der Waals surface area contributed by atoms with Gasteiger partial charge in [0, 0.05) is 5.56 Å². The van der Waals surface area contributed by atoms with Crippen molar-refractivity contribution in [3.8, 4) is 5.75 Å². The maximum absolute atomic E-state index is 11.7. The van der Waals surface area contributed by atoms with E-state index in [1.54, 1.807) is 6.92 Å². The summed E-state index contributed by atoms with van der Waals surface area (Å²) in [6.07, 6.45) is -0.110. The molecule has 0 aromatic heterocycles. The van der Waals surface area contributed by atoms with Crippen LogP contribution in [0.15, 0.2) is 12.1 Å². The van der Waals surface area contributed by atoms with Gasteiger partial charge in [-0.15, -0.1) is 0 Å². The summed E-state index contributed by atoms with van der Waals surface area (Å²) in [4.78, 5) is 23.1. The number of hydrogen-bond acceptors (Lipinski definition) is 4. The zero-order valence-corrected chi connectivity index (χ0v) is 12.3. The number of ether oxygens (including phenoxy) is 2. The van der Waals surface area contributed by atoms with Crippen LogP contribution in [0.5, 0.6) is 5.75 Å². The molecule has 0 unspecified atom stereocenters. The fourth-order valence-electron chi connectivity index (χ4n) is 1.35. The van der Waals surface area contributed by atoms with E-state index in [4.69, 9.17) is 27.9 Å². The maximum Gasteiger partial charge on any atom is 0.379 e. The van der Waals surface area contributed by atoms with Gasteiger partial charge in [-0.25, -0.2) is 4.79 Å². The Hall–Kier alpha value is -1.26. The van der Waals surface area contributed by atoms with Gasteiger partial charge in [0.15, 0.2) is 5.75 Å². The van der Waals surface area contributed by atoms with Gasteiger partial charge in [-0.2, -0.15) is 0 Å². The van der Waals surface area contributed by atoms with Crippen molar-refractivity contribution in [3.05, 3.63) is 27.7 Å². The molecule has 0 N–H and O–H groups in total. The number of hydrogen-bond donors (Lipinski definition) is 0. The second-order valence-electron chi connectivity index (χ2n) is 3.99. The van der Waals surface area contributed by atoms with Gasteiger partial charge in [-0.3, -0.25) is 4.79 Å². The fourth-order valence-corrected chi connectivity index (χ4v) is 1.93. The summed E-state index contributed by atoms with van der Waals surface area (Å²) in [7, 11) is 0. The second-order valence-corrected chi connectivity index (χ2v) is 4.80. The van der Waals surface area contributed by atoms with Crippen LogP contribution in [-0.4, -0.2) is 24.5 Å². The molecule has 6 heteroatoms. The highest BCUT2D eigenvalue weighted by Gasteiger charge is 2.21. The van der Waals surface area contributed by atoms with Crippen molar-refractivity contribution in [2.75, 3.05) is 6.61 Å². The van der Waals surface area contributed by atoms with Crippen LogP contribution >= 0.6 is 23.2 Å². The van der Waals surface area contributed by atoms with E-state index in [-0.39, 0.29) is 28.3 Å². The van der Waals surface area contributed by atoms with E-state index in [1.165, 1.54) is 12.1 Å². The summed E-state index contributed by atoms with van der Waals surface area (Å²) in [6.45, 7) is 5.39. The third kappa shape index (κ3) is 4.11. The van der Waals surface area contributed by atoms with Crippen LogP contribution in [0.3, 0.4) is 0 Å². The van der Waals surface area contributed by atoms with Crippen LogP contribution in [0.4, 0.5) is 0 Å². The lowest BCUT2D eigenvalue weighted by atomic mass is 10.1. The minimum Gasteiger partial charge on any atom is -0.488 e. The molecule has 0 saturated carbocycles. The zero-order valence-electron chi connectivity index (χ0n) is 10.8. The first-order valence-electron chi connectivity index (χ1n) is 5.74. The van der Waals surface area contributed by atoms with Crippen LogP contribution in [0.25, 0.3) is 0 Å². The van der Waals surface area contributed by atoms with Crippen LogP contribution < -0.4 is 4.74 Å². The standard InChI is InChI=1S/C13H14Cl2O4/c1-4-18-13(17)11(16)8-5-9(14)12(10(15)6-8)19-7(2)3/h5-7H,4H2,1-3H3. The Morgan fingerprint density at radius 1 is 1.21 bits per heavy atom. The summed E-state index contributed by atoms with van der Waals surface area (Å²) in [5, 5.41) is 0.350. The van der Waals surface area contributed by atoms with E-state index >= 15 is 0 Å². The summed E-state index contributed by atoms with van der Waals surface area (Å²) in [5.41, 5.74) is 0.0737. The summed E-state index contributed by atoms with van der Waals surface area (Å²) >= 11 is 12.0. The van der Waals surface area contributed by atoms with Crippen molar-refractivity contribution >= 4 is 35.0 Å². The van der Waals surface area contributed by atoms with E-state index in [0.29, 0.717) is 5.75 Å². The number of ketones is 1. The molecule has 4 nitrogen and oxygen atoms in total. The second kappa shape index (κ2) is 6.78. The largest absolute Gasteiger partial charge is 0.488 e. The highest BCUT2D eigenvalue weighted by atomic mass is 35.5. The molecule has 0 saturated heterocycles. The van der Waals surface area contributed by atoms with Crippen LogP contribution in [-0.2, 0) is 9.53 Å². The molecule has 1 aromatic carbocycles. The molecule has 0 spiro atoms. The highest BCUT2D eigenvalue weighted by Crippen LogP contribution is 2.35. The summed E-state index contributed by atoms with van der Waals surface area (Å²) in [5.74, 6) is -1.44. The molecule has 0 heterocycles. The van der Waals surface area contributed by atoms with Gasteiger partial charge in [0.05, 0.1) is 22.8 Å². The van der Waals surface area contributed by atoms with E-state index < -0.39 is 11.8 Å². The van der Waals surface area contributed by atoms with Crippen LogP contribution in [0, 0.1) is 0 Å². The average molecular weight is 305 g/mol. The van der Waals surface area contributed by atoms with Gasteiger partial charge < -0.3 is 9.47 Å². The first-order chi connectivity index (χ1) is 8.86. The fraction of sp³-hybridized carbons (Fsp3) is 0.385. The number of benzene rings is 1. The van der Waals surface area contributed by atoms with Gasteiger partial charge in [0.25, 0.3) is 5.78 Å². The molecule has 1 aromatic rings. The Labute approximate surface area is 121 Å². The molecular formula is C13H14Cl2O4. The molecule has 0 radical (unpaired) electrons. The normalized spacial score (nSPS) is 10.4. The Kier molecular flexibility index (Phi) is 5.63. The van der Waals surface area contributed by atoms with Gasteiger partial charge in [0.1, 0.15) is 0 Å². The molecule has 0 aliphatic carbocycles. The summed E-state index contributed by atoms with van der Waals surface area (Å²) in [6, 6.07) is 2.68. The van der Waals surface area contributed by atoms with E-state index in [0.717, 1.165) is 0 Å². The number of Topliss-reactive ketones (excluding diaryl/α,β-unsaturated/α-hetero) is 1. The molecule has 0 amide bonds. The maximum atomic E-state index is 11.7. The first-order valence-corrected chi connectivity index (χ1v) is 6.49. The molecule has 0 bridgehead atoms. The zero-order chi connectivity index (χ0) is 14.6. The van der Waals surface area contributed by atoms with Gasteiger partial charge in [0.2, 0.25) is 0 Å². The highest BCUT2D eigenvalue weighted by molar-refractivity contribution is 6.43. The van der Waals surface area contributed by atoms with E-state index in [9.17, 15) is 9.59 Å². The monoisotopic (exact) mass is 304 g/mol. The van der Waals surface area contributed by atoms with Gasteiger partial charge in [-0.1, -0.05) is 23.2 Å². The number of carbonyl (C=O) groups excluding carboxylic acids is 2. The van der Waals surface area contributed by atoms with Crippen molar-refractivity contribution in [3.63, 3.8) is 0 Å². The number of halogens is 2. The number of carbonyl (C=O) groups is 2.